The van der Waals surface area contributed by atoms with E-state index in [-0.39, 0.29) is 32.1 Å². The van der Waals surface area contributed by atoms with Crippen LogP contribution in [-0.4, -0.2) is 54.3 Å². The molecule has 10 heteroatoms. The van der Waals surface area contributed by atoms with E-state index in [1.54, 1.807) is 0 Å². The molecule has 0 aromatic carbocycles. The van der Waals surface area contributed by atoms with Crippen LogP contribution in [0.25, 0.3) is 0 Å². The molecule has 0 heterocycles. The third-order valence-electron chi connectivity index (χ3n) is 9.38. The highest BCUT2D eigenvalue weighted by Crippen LogP contribution is 2.42. The zero-order valence-corrected chi connectivity index (χ0v) is 35.1. The fourth-order valence-corrected chi connectivity index (χ4v) is 6.81. The van der Waals surface area contributed by atoms with Crippen LogP contribution in [0.5, 0.6) is 0 Å². The van der Waals surface area contributed by atoms with Crippen LogP contribution in [0.4, 0.5) is 0 Å². The number of carbonyl (C=O) groups excluding carboxylic acids is 2. The van der Waals surface area contributed by atoms with Crippen LogP contribution in [0.15, 0.2) is 24.3 Å². The van der Waals surface area contributed by atoms with E-state index in [9.17, 15) is 24.2 Å². The van der Waals surface area contributed by atoms with E-state index in [0.717, 1.165) is 44.9 Å². The largest absolute Gasteiger partial charge is 0.472 e. The van der Waals surface area contributed by atoms with Crippen molar-refractivity contribution in [2.45, 2.75) is 213 Å². The topological polar surface area (TPSA) is 131 Å². The predicted octanol–water partition coefficient (Wildman–Crippen LogP) is 12.0. The third kappa shape index (κ3) is 41.5. The Labute approximate surface area is 325 Å². The van der Waals surface area contributed by atoms with Gasteiger partial charge in [-0.2, -0.15) is 0 Å². The maximum atomic E-state index is 12.1. The van der Waals surface area contributed by atoms with Gasteiger partial charge in [0, 0.05) is 19.4 Å². The first kappa shape index (κ1) is 51.5. The normalized spacial score (nSPS) is 13.5. The van der Waals surface area contributed by atoms with Crippen LogP contribution < -0.4 is 5.32 Å². The summed E-state index contributed by atoms with van der Waals surface area (Å²) in [6.07, 6.45) is 42.4. The van der Waals surface area contributed by atoms with Gasteiger partial charge in [0.15, 0.2) is 0 Å². The second-order valence-electron chi connectivity index (χ2n) is 14.7. The first-order valence-electron chi connectivity index (χ1n) is 21.8. The molecule has 0 saturated carbocycles. The third-order valence-corrected chi connectivity index (χ3v) is 10.4. The number of amides is 1. The molecule has 0 rings (SSSR count). The summed E-state index contributed by atoms with van der Waals surface area (Å²) in [7, 11) is -4.41. The van der Waals surface area contributed by atoms with Gasteiger partial charge >= 0.3 is 13.8 Å². The number of ether oxygens (including phenoxy) is 1. The molecule has 0 radical (unpaired) electrons. The Morgan fingerprint density at radius 1 is 0.585 bits per heavy atom. The van der Waals surface area contributed by atoms with E-state index in [0.29, 0.717) is 6.42 Å². The second kappa shape index (κ2) is 40.2. The molecule has 3 N–H and O–H groups in total. The van der Waals surface area contributed by atoms with E-state index in [1.165, 1.54) is 135 Å². The van der Waals surface area contributed by atoms with Crippen molar-refractivity contribution < 1.29 is 37.9 Å². The van der Waals surface area contributed by atoms with E-state index in [2.05, 4.69) is 43.5 Å². The molecule has 9 nitrogen and oxygen atoms in total. The quantitative estimate of drug-likeness (QED) is 0.0242. The molecule has 0 aliphatic heterocycles. The molecule has 312 valence electrons. The van der Waals surface area contributed by atoms with Crippen molar-refractivity contribution in [1.82, 2.24) is 5.32 Å². The Morgan fingerprint density at radius 3 is 1.55 bits per heavy atom. The predicted molar refractivity (Wildman–Crippen MR) is 220 cm³/mol. The lowest BCUT2D eigenvalue weighted by Crippen LogP contribution is -2.27. The molecule has 2 unspecified atom stereocenters. The first-order valence-corrected chi connectivity index (χ1v) is 23.3. The Kier molecular flexibility index (Phi) is 39.0. The fourth-order valence-electron chi connectivity index (χ4n) is 6.06. The zero-order chi connectivity index (χ0) is 38.9. The number of aliphatic hydroxyl groups is 1. The minimum Gasteiger partial charge on any atom is -0.463 e. The van der Waals surface area contributed by atoms with E-state index < -0.39 is 26.5 Å². The second-order valence-corrected chi connectivity index (χ2v) is 16.1. The summed E-state index contributed by atoms with van der Waals surface area (Å²) in [5, 5.41) is 12.7. The number of esters is 1. The summed E-state index contributed by atoms with van der Waals surface area (Å²) in [6.45, 7) is 3.54. The van der Waals surface area contributed by atoms with Crippen molar-refractivity contribution in [3.05, 3.63) is 24.3 Å². The fraction of sp³-hybridized carbons (Fsp3) is 0.860. The molecule has 53 heavy (non-hydrogen) atoms. The van der Waals surface area contributed by atoms with Crippen molar-refractivity contribution in [2.75, 3.05) is 26.4 Å². The van der Waals surface area contributed by atoms with Gasteiger partial charge in [0.25, 0.3) is 0 Å². The van der Waals surface area contributed by atoms with Crippen LogP contribution in [0, 0.1) is 0 Å². The number of rotatable bonds is 41. The van der Waals surface area contributed by atoms with Crippen molar-refractivity contribution in [1.29, 1.82) is 0 Å². The van der Waals surface area contributed by atoms with Crippen LogP contribution in [-0.2, 0) is 27.9 Å². The Bertz CT molecular complexity index is 928. The number of nitrogens with one attached hydrogen (secondary N) is 1. The first-order chi connectivity index (χ1) is 25.8. The highest BCUT2D eigenvalue weighted by molar-refractivity contribution is 7.47. The standard InChI is InChI=1S/C43H82NO8P/c1-3-5-7-9-11-13-15-17-18-19-20-21-22-24-26-28-30-32-34-36-43(47)50-39-41(45)40-52-53(48,49)51-38-37-44-42(46)35-33-31-29-27-25-23-16-14-12-10-8-6-4-2/h11,13,17-18,41,45H,3-10,12,14-16,19-40H2,1-2H3,(H,44,46)(H,48,49)/b13-11-,18-17-. The molecule has 0 aromatic rings. The van der Waals surface area contributed by atoms with E-state index >= 15 is 0 Å². The smallest absolute Gasteiger partial charge is 0.463 e. The lowest BCUT2D eigenvalue weighted by atomic mass is 10.0. The number of hydrogen-bond donors (Lipinski definition) is 3. The van der Waals surface area contributed by atoms with E-state index in [4.69, 9.17) is 13.8 Å². The number of phosphoric ester groups is 1. The lowest BCUT2D eigenvalue weighted by molar-refractivity contribution is -0.147. The molecule has 0 aliphatic carbocycles. The lowest BCUT2D eigenvalue weighted by Gasteiger charge is -2.15. The Morgan fingerprint density at radius 2 is 1.02 bits per heavy atom. The molecule has 0 fully saturated rings. The molecule has 1 amide bonds. The number of carbonyl (C=O) groups is 2. The molecule has 0 saturated heterocycles. The van der Waals surface area contributed by atoms with Crippen LogP contribution in [0.2, 0.25) is 0 Å². The number of phosphoric acid groups is 1. The maximum absolute atomic E-state index is 12.1. The van der Waals surface area contributed by atoms with Crippen molar-refractivity contribution in [3.8, 4) is 0 Å². The molecule has 0 aromatic heterocycles. The van der Waals surface area contributed by atoms with Gasteiger partial charge in [-0.1, -0.05) is 173 Å². The molecular weight excluding hydrogens is 689 g/mol. The highest BCUT2D eigenvalue weighted by Gasteiger charge is 2.23. The molecule has 2 atom stereocenters. The van der Waals surface area contributed by atoms with Crippen LogP contribution in [0.3, 0.4) is 0 Å². The summed E-state index contributed by atoms with van der Waals surface area (Å²) in [5.74, 6) is -0.515. The van der Waals surface area contributed by atoms with Crippen molar-refractivity contribution in [3.63, 3.8) is 0 Å². The van der Waals surface area contributed by atoms with Gasteiger partial charge in [-0.3, -0.25) is 18.6 Å². The average molecular weight is 772 g/mol. The summed E-state index contributed by atoms with van der Waals surface area (Å²) in [4.78, 5) is 33.9. The zero-order valence-electron chi connectivity index (χ0n) is 34.2. The van der Waals surface area contributed by atoms with E-state index in [1.807, 2.05) is 0 Å². The van der Waals surface area contributed by atoms with Crippen LogP contribution in [0.1, 0.15) is 206 Å². The van der Waals surface area contributed by atoms with Gasteiger partial charge in [0.2, 0.25) is 5.91 Å². The van der Waals surface area contributed by atoms with Gasteiger partial charge in [-0.25, -0.2) is 4.57 Å². The summed E-state index contributed by atoms with van der Waals surface area (Å²) in [6, 6.07) is 0. The average Bonchev–Trinajstić information content (AvgIpc) is 3.14. The summed E-state index contributed by atoms with van der Waals surface area (Å²) < 4.78 is 26.9. The molecule has 0 spiro atoms. The maximum Gasteiger partial charge on any atom is 0.472 e. The van der Waals surface area contributed by atoms with Crippen LogP contribution >= 0.6 is 7.82 Å². The van der Waals surface area contributed by atoms with Gasteiger partial charge in [0.05, 0.1) is 13.2 Å². The Hall–Kier alpha value is -1.51. The minimum absolute atomic E-state index is 0.0846. The number of allylic oxidation sites excluding steroid dienone is 4. The summed E-state index contributed by atoms with van der Waals surface area (Å²) >= 11 is 0. The van der Waals surface area contributed by atoms with Gasteiger partial charge in [-0.05, 0) is 44.9 Å². The molecular formula is C43H82NO8P. The van der Waals surface area contributed by atoms with Gasteiger partial charge in [0.1, 0.15) is 12.7 Å². The van der Waals surface area contributed by atoms with Gasteiger partial charge in [-0.15, -0.1) is 0 Å². The SMILES string of the molecule is CCCCC/C=C\C/C=C\CCCCCCCCCCCC(=O)OCC(O)COP(=O)(O)OCCNC(=O)CCCCCCCCCCCCCCC. The molecule has 0 aliphatic rings. The number of aliphatic hydroxyl groups excluding tert-OH is 1. The van der Waals surface area contributed by atoms with Gasteiger partial charge < -0.3 is 20.1 Å². The molecule has 0 bridgehead atoms. The Balaban J connectivity index is 3.58. The van der Waals surface area contributed by atoms with Crippen molar-refractivity contribution in [2.24, 2.45) is 0 Å². The summed E-state index contributed by atoms with van der Waals surface area (Å²) in [5.41, 5.74) is 0. The highest BCUT2D eigenvalue weighted by atomic mass is 31.2. The van der Waals surface area contributed by atoms with Crippen molar-refractivity contribution >= 4 is 19.7 Å². The minimum atomic E-state index is -4.41. The number of unbranched alkanes of at least 4 members (excludes halogenated alkanes) is 24. The monoisotopic (exact) mass is 772 g/mol. The number of hydrogen-bond acceptors (Lipinski definition) is 7.